The van der Waals surface area contributed by atoms with Gasteiger partial charge in [0.05, 0.1) is 11.1 Å². The van der Waals surface area contributed by atoms with E-state index in [0.717, 1.165) is 47.9 Å². The Morgan fingerprint density at radius 1 is 1.07 bits per heavy atom. The fourth-order valence-electron chi connectivity index (χ4n) is 4.27. The fraction of sp³-hybridized carbons (Fsp3) is 0.348. The van der Waals surface area contributed by atoms with Gasteiger partial charge in [0.2, 0.25) is 0 Å². The van der Waals surface area contributed by atoms with Crippen LogP contribution in [0.3, 0.4) is 0 Å². The van der Waals surface area contributed by atoms with Crippen molar-refractivity contribution in [3.63, 3.8) is 0 Å². The van der Waals surface area contributed by atoms with Crippen molar-refractivity contribution < 1.29 is 9.90 Å². The predicted molar refractivity (Wildman–Crippen MR) is 110 cm³/mol. The van der Waals surface area contributed by atoms with Gasteiger partial charge in [-0.05, 0) is 79.0 Å². The van der Waals surface area contributed by atoms with Gasteiger partial charge in [-0.25, -0.2) is 0 Å². The van der Waals surface area contributed by atoms with Gasteiger partial charge in [0, 0.05) is 5.02 Å². The van der Waals surface area contributed by atoms with Gasteiger partial charge in [0.15, 0.2) is 0 Å². The summed E-state index contributed by atoms with van der Waals surface area (Å²) in [7, 11) is 0. The van der Waals surface area contributed by atoms with Crippen LogP contribution in [0.4, 0.5) is 0 Å². The number of aryl methyl sites for hydroxylation is 1. The average Bonchev–Trinajstić information content (AvgIpc) is 2.89. The maximum atomic E-state index is 12.8. The number of aliphatic hydroxyl groups is 1. The number of hydrogen-bond donors (Lipinski definition) is 2. The molecule has 1 saturated carbocycles. The molecule has 0 aromatic heterocycles. The number of aliphatic hydroxyl groups excluding tert-OH is 1. The third-order valence-corrected chi connectivity index (χ3v) is 6.33. The van der Waals surface area contributed by atoms with Gasteiger partial charge < -0.3 is 10.4 Å². The molecule has 2 aromatic carbocycles. The van der Waals surface area contributed by atoms with E-state index in [1.54, 1.807) is 0 Å². The summed E-state index contributed by atoms with van der Waals surface area (Å²) >= 11 is 6.00. The highest BCUT2D eigenvalue weighted by Crippen LogP contribution is 2.43. The number of rotatable bonds is 2. The minimum atomic E-state index is -0.582. The largest absolute Gasteiger partial charge is 0.509 e. The first-order chi connectivity index (χ1) is 12.9. The molecule has 0 unspecified atom stereocenters. The van der Waals surface area contributed by atoms with E-state index in [0.29, 0.717) is 16.5 Å². The average molecular weight is 382 g/mol. The highest BCUT2D eigenvalue weighted by molar-refractivity contribution is 6.30. The topological polar surface area (TPSA) is 49.3 Å². The normalized spacial score (nSPS) is 25.1. The van der Waals surface area contributed by atoms with Crippen molar-refractivity contribution in [3.8, 4) is 11.1 Å². The SMILES string of the molecule is Cc1ccc(-c2ccc(Cl)cc2)cc1C1=C(O)C2(CCC(C)CC2)NC1=O. The quantitative estimate of drug-likeness (QED) is 0.704. The van der Waals surface area contributed by atoms with Gasteiger partial charge in [0.25, 0.3) is 5.91 Å². The Kier molecular flexibility index (Phi) is 4.51. The maximum absolute atomic E-state index is 12.8. The fourth-order valence-corrected chi connectivity index (χ4v) is 4.39. The second-order valence-corrected chi connectivity index (χ2v) is 8.42. The molecule has 4 rings (SSSR count). The van der Waals surface area contributed by atoms with E-state index in [1.807, 2.05) is 49.4 Å². The van der Waals surface area contributed by atoms with E-state index < -0.39 is 5.54 Å². The molecule has 27 heavy (non-hydrogen) atoms. The number of nitrogens with one attached hydrogen (secondary N) is 1. The highest BCUT2D eigenvalue weighted by atomic mass is 35.5. The summed E-state index contributed by atoms with van der Waals surface area (Å²) in [5.74, 6) is 0.688. The standard InChI is InChI=1S/C23H24ClNO2/c1-14-9-11-23(12-10-14)21(26)20(22(27)25-23)19-13-17(4-3-15(19)2)16-5-7-18(24)8-6-16/h3-8,13-14,26H,9-12H2,1-2H3,(H,25,27). The van der Waals surface area contributed by atoms with Gasteiger partial charge in [-0.2, -0.15) is 0 Å². The van der Waals surface area contributed by atoms with Crippen LogP contribution in [0.15, 0.2) is 48.2 Å². The number of carbonyl (C=O) groups excluding carboxylic acids is 1. The molecule has 4 heteroatoms. The molecular weight excluding hydrogens is 358 g/mol. The maximum Gasteiger partial charge on any atom is 0.256 e. The van der Waals surface area contributed by atoms with Crippen molar-refractivity contribution in [3.05, 3.63) is 64.4 Å². The first kappa shape index (κ1) is 18.1. The first-order valence-corrected chi connectivity index (χ1v) is 9.91. The number of hydrogen-bond acceptors (Lipinski definition) is 2. The lowest BCUT2D eigenvalue weighted by atomic mass is 9.76. The van der Waals surface area contributed by atoms with Crippen LogP contribution < -0.4 is 5.32 Å². The van der Waals surface area contributed by atoms with Crippen molar-refractivity contribution in [2.75, 3.05) is 0 Å². The van der Waals surface area contributed by atoms with E-state index in [1.165, 1.54) is 0 Å². The number of benzene rings is 2. The van der Waals surface area contributed by atoms with Crippen LogP contribution in [-0.2, 0) is 4.79 Å². The smallest absolute Gasteiger partial charge is 0.256 e. The molecule has 1 fully saturated rings. The lowest BCUT2D eigenvalue weighted by molar-refractivity contribution is -0.116. The Labute approximate surface area is 165 Å². The van der Waals surface area contributed by atoms with Crippen LogP contribution in [0.25, 0.3) is 16.7 Å². The lowest BCUT2D eigenvalue weighted by Gasteiger charge is -2.36. The van der Waals surface area contributed by atoms with Crippen molar-refractivity contribution in [2.24, 2.45) is 5.92 Å². The molecule has 1 amide bonds. The third-order valence-electron chi connectivity index (χ3n) is 6.08. The Hall–Kier alpha value is -2.26. The second kappa shape index (κ2) is 6.72. The third kappa shape index (κ3) is 3.14. The predicted octanol–water partition coefficient (Wildman–Crippen LogP) is 5.66. The van der Waals surface area contributed by atoms with Gasteiger partial charge in [-0.1, -0.05) is 42.8 Å². The Morgan fingerprint density at radius 3 is 2.37 bits per heavy atom. The van der Waals surface area contributed by atoms with Crippen LogP contribution >= 0.6 is 11.6 Å². The molecular formula is C23H24ClNO2. The van der Waals surface area contributed by atoms with E-state index in [4.69, 9.17) is 11.6 Å². The minimum Gasteiger partial charge on any atom is -0.509 e. The lowest BCUT2D eigenvalue weighted by Crippen LogP contribution is -2.47. The molecule has 2 aromatic rings. The molecule has 0 atom stereocenters. The monoisotopic (exact) mass is 381 g/mol. The second-order valence-electron chi connectivity index (χ2n) is 7.98. The van der Waals surface area contributed by atoms with Crippen LogP contribution in [0.2, 0.25) is 5.02 Å². The number of carbonyl (C=O) groups is 1. The van der Waals surface area contributed by atoms with Gasteiger partial charge in [-0.3, -0.25) is 4.79 Å². The van der Waals surface area contributed by atoms with Gasteiger partial charge in [0.1, 0.15) is 5.76 Å². The number of amides is 1. The molecule has 1 aliphatic carbocycles. The Bertz CT molecular complexity index is 922. The van der Waals surface area contributed by atoms with Gasteiger partial charge in [-0.15, -0.1) is 0 Å². The molecule has 1 aliphatic heterocycles. The molecule has 1 heterocycles. The summed E-state index contributed by atoms with van der Waals surface area (Å²) in [6.07, 6.45) is 3.62. The summed E-state index contributed by atoms with van der Waals surface area (Å²) in [6.45, 7) is 4.20. The molecule has 140 valence electrons. The van der Waals surface area contributed by atoms with E-state index in [-0.39, 0.29) is 11.7 Å². The van der Waals surface area contributed by atoms with Crippen LogP contribution in [0.5, 0.6) is 0 Å². The zero-order valence-corrected chi connectivity index (χ0v) is 16.4. The molecule has 0 bridgehead atoms. The summed E-state index contributed by atoms with van der Waals surface area (Å²) in [4.78, 5) is 12.8. The summed E-state index contributed by atoms with van der Waals surface area (Å²) in [5.41, 5.74) is 3.65. The highest BCUT2D eigenvalue weighted by Gasteiger charge is 2.47. The first-order valence-electron chi connectivity index (χ1n) is 9.53. The van der Waals surface area contributed by atoms with Crippen LogP contribution in [0, 0.1) is 12.8 Å². The Balaban J connectivity index is 1.78. The summed E-state index contributed by atoms with van der Waals surface area (Å²) < 4.78 is 0. The van der Waals surface area contributed by atoms with E-state index in [2.05, 4.69) is 12.2 Å². The number of halogens is 1. The zero-order valence-electron chi connectivity index (χ0n) is 15.7. The molecule has 2 N–H and O–H groups in total. The Morgan fingerprint density at radius 2 is 1.70 bits per heavy atom. The molecule has 2 aliphatic rings. The molecule has 1 spiro atoms. The van der Waals surface area contributed by atoms with Crippen molar-refractivity contribution >= 4 is 23.1 Å². The van der Waals surface area contributed by atoms with Gasteiger partial charge >= 0.3 is 0 Å². The van der Waals surface area contributed by atoms with E-state index in [9.17, 15) is 9.90 Å². The van der Waals surface area contributed by atoms with Crippen molar-refractivity contribution in [1.29, 1.82) is 0 Å². The van der Waals surface area contributed by atoms with Crippen molar-refractivity contribution in [2.45, 2.75) is 45.1 Å². The summed E-state index contributed by atoms with van der Waals surface area (Å²) in [5, 5.41) is 14.9. The van der Waals surface area contributed by atoms with Crippen molar-refractivity contribution in [1.82, 2.24) is 5.32 Å². The summed E-state index contributed by atoms with van der Waals surface area (Å²) in [6, 6.07) is 13.7. The molecule has 0 radical (unpaired) electrons. The molecule has 3 nitrogen and oxygen atoms in total. The van der Waals surface area contributed by atoms with Crippen LogP contribution in [-0.4, -0.2) is 16.6 Å². The zero-order chi connectivity index (χ0) is 19.2. The molecule has 0 saturated heterocycles. The van der Waals surface area contributed by atoms with E-state index >= 15 is 0 Å². The van der Waals surface area contributed by atoms with Crippen LogP contribution in [0.1, 0.15) is 43.7 Å². The minimum absolute atomic E-state index is 0.168.